The molecular weight excluding hydrogens is 488 g/mol. The van der Waals surface area contributed by atoms with E-state index in [0.29, 0.717) is 22.5 Å². The van der Waals surface area contributed by atoms with Crippen LogP contribution in [0.25, 0.3) is 11.3 Å². The van der Waals surface area contributed by atoms with Gasteiger partial charge in [-0.25, -0.2) is 22.7 Å². The van der Waals surface area contributed by atoms with Crippen molar-refractivity contribution in [3.63, 3.8) is 0 Å². The van der Waals surface area contributed by atoms with Crippen LogP contribution >= 0.6 is 0 Å². The van der Waals surface area contributed by atoms with Gasteiger partial charge in [-0.2, -0.15) is 0 Å². The Kier molecular flexibility index (Phi) is 8.10. The maximum Gasteiger partial charge on any atom is 0.333 e. The molecule has 1 atom stereocenters. The maximum atomic E-state index is 12.5. The molecular formula is C24H26N4O7S. The fourth-order valence-electron chi connectivity index (χ4n) is 3.27. The van der Waals surface area contributed by atoms with Crippen LogP contribution in [0.3, 0.4) is 0 Å². The number of sulfonamides is 1. The van der Waals surface area contributed by atoms with Crippen LogP contribution in [0, 0.1) is 12.8 Å². The number of ether oxygens (including phenoxy) is 1. The van der Waals surface area contributed by atoms with E-state index in [1.54, 1.807) is 51.1 Å². The van der Waals surface area contributed by atoms with Crippen LogP contribution in [-0.4, -0.2) is 44.6 Å². The molecule has 0 saturated carbocycles. The molecule has 3 N–H and O–H groups in total. The number of aryl methyl sites for hydroxylation is 1. The summed E-state index contributed by atoms with van der Waals surface area (Å²) in [5.41, 5.74) is 1.76. The van der Waals surface area contributed by atoms with Crippen molar-refractivity contribution in [1.29, 1.82) is 0 Å². The van der Waals surface area contributed by atoms with Gasteiger partial charge in [-0.3, -0.25) is 4.79 Å². The van der Waals surface area contributed by atoms with E-state index in [9.17, 15) is 22.8 Å². The van der Waals surface area contributed by atoms with Crippen molar-refractivity contribution in [1.82, 2.24) is 15.2 Å². The summed E-state index contributed by atoms with van der Waals surface area (Å²) in [6, 6.07) is 12.2. The SMILES string of the molecule is COC(=O)C(NC(=O)c1cc(-c2ccc(NC(=O)NS(=O)(=O)c3ccccc3C)cc2)no1)C(C)C. The van der Waals surface area contributed by atoms with Gasteiger partial charge in [-0.1, -0.05) is 49.3 Å². The van der Waals surface area contributed by atoms with E-state index in [-0.39, 0.29) is 16.6 Å². The number of carbonyl (C=O) groups excluding carboxylic acids is 3. The zero-order valence-corrected chi connectivity index (χ0v) is 20.9. The highest BCUT2D eigenvalue weighted by atomic mass is 32.2. The van der Waals surface area contributed by atoms with E-state index in [4.69, 9.17) is 9.26 Å². The minimum absolute atomic E-state index is 0.00710. The number of urea groups is 1. The average Bonchev–Trinajstić information content (AvgIpc) is 3.32. The lowest BCUT2D eigenvalue weighted by Crippen LogP contribution is -2.44. The van der Waals surface area contributed by atoms with Crippen molar-refractivity contribution in [3.05, 3.63) is 65.9 Å². The lowest BCUT2D eigenvalue weighted by Gasteiger charge is -2.18. The Morgan fingerprint density at radius 1 is 1.03 bits per heavy atom. The summed E-state index contributed by atoms with van der Waals surface area (Å²) < 4.78 is 36.7. The Balaban J connectivity index is 1.65. The number of anilines is 1. The number of methoxy groups -OCH3 is 1. The number of amides is 3. The minimum atomic E-state index is -4.04. The Morgan fingerprint density at radius 2 is 1.69 bits per heavy atom. The average molecular weight is 515 g/mol. The summed E-state index contributed by atoms with van der Waals surface area (Å²) in [6.07, 6.45) is 0. The monoisotopic (exact) mass is 514 g/mol. The number of esters is 1. The minimum Gasteiger partial charge on any atom is -0.467 e. The second-order valence-corrected chi connectivity index (χ2v) is 9.85. The number of nitrogens with one attached hydrogen (secondary N) is 3. The van der Waals surface area contributed by atoms with Gasteiger partial charge in [0, 0.05) is 17.3 Å². The number of benzene rings is 2. The molecule has 3 amide bonds. The summed E-state index contributed by atoms with van der Waals surface area (Å²) in [5, 5.41) is 8.89. The van der Waals surface area contributed by atoms with E-state index in [1.165, 1.54) is 31.4 Å². The van der Waals surface area contributed by atoms with E-state index in [0.717, 1.165) is 0 Å². The maximum absolute atomic E-state index is 12.5. The number of rotatable bonds is 8. The Bertz CT molecular complexity index is 1370. The molecule has 1 aromatic heterocycles. The summed E-state index contributed by atoms with van der Waals surface area (Å²) in [6.45, 7) is 5.16. The van der Waals surface area contributed by atoms with Gasteiger partial charge in [0.25, 0.3) is 15.9 Å². The van der Waals surface area contributed by atoms with Gasteiger partial charge in [0.15, 0.2) is 0 Å². The quantitative estimate of drug-likeness (QED) is 0.387. The van der Waals surface area contributed by atoms with E-state index >= 15 is 0 Å². The van der Waals surface area contributed by atoms with E-state index in [2.05, 4.69) is 15.8 Å². The zero-order chi connectivity index (χ0) is 26.5. The number of carbonyl (C=O) groups is 3. The molecule has 0 fully saturated rings. The molecule has 0 aliphatic heterocycles. The summed E-state index contributed by atoms with van der Waals surface area (Å²) in [7, 11) is -2.80. The highest BCUT2D eigenvalue weighted by Crippen LogP contribution is 2.22. The summed E-state index contributed by atoms with van der Waals surface area (Å²) >= 11 is 0. The van der Waals surface area contributed by atoms with Gasteiger partial charge < -0.3 is 19.9 Å². The predicted octanol–water partition coefficient (Wildman–Crippen LogP) is 3.09. The molecule has 1 heterocycles. The highest BCUT2D eigenvalue weighted by Gasteiger charge is 2.27. The third-order valence-electron chi connectivity index (χ3n) is 5.19. The third-order valence-corrected chi connectivity index (χ3v) is 6.68. The first-order valence-electron chi connectivity index (χ1n) is 10.9. The second kappa shape index (κ2) is 11.0. The molecule has 12 heteroatoms. The van der Waals surface area contributed by atoms with Gasteiger partial charge in [-0.05, 0) is 36.6 Å². The molecule has 0 bridgehead atoms. The van der Waals surface area contributed by atoms with Crippen LogP contribution in [-0.2, 0) is 19.6 Å². The van der Waals surface area contributed by atoms with Gasteiger partial charge in [0.2, 0.25) is 5.76 Å². The van der Waals surface area contributed by atoms with Crippen molar-refractivity contribution in [2.75, 3.05) is 12.4 Å². The Morgan fingerprint density at radius 3 is 2.31 bits per heavy atom. The lowest BCUT2D eigenvalue weighted by atomic mass is 10.0. The topological polar surface area (TPSA) is 157 Å². The predicted molar refractivity (Wildman–Crippen MR) is 131 cm³/mol. The normalized spacial score (nSPS) is 12.0. The molecule has 1 unspecified atom stereocenters. The van der Waals surface area contributed by atoms with Gasteiger partial charge in [0.05, 0.1) is 12.0 Å². The fourth-order valence-corrected chi connectivity index (χ4v) is 4.43. The zero-order valence-electron chi connectivity index (χ0n) is 20.1. The molecule has 0 aliphatic carbocycles. The number of hydrogen-bond acceptors (Lipinski definition) is 8. The van der Waals surface area contributed by atoms with Crippen molar-refractivity contribution in [3.8, 4) is 11.3 Å². The van der Waals surface area contributed by atoms with Crippen molar-refractivity contribution in [2.24, 2.45) is 5.92 Å². The van der Waals surface area contributed by atoms with E-state index in [1.807, 2.05) is 4.72 Å². The molecule has 2 aromatic carbocycles. The lowest BCUT2D eigenvalue weighted by molar-refractivity contribution is -0.144. The first-order chi connectivity index (χ1) is 17.0. The molecule has 0 spiro atoms. The number of aromatic nitrogens is 1. The molecule has 0 radical (unpaired) electrons. The largest absolute Gasteiger partial charge is 0.467 e. The Hall–Kier alpha value is -4.19. The van der Waals surface area contributed by atoms with Crippen LogP contribution < -0.4 is 15.4 Å². The molecule has 36 heavy (non-hydrogen) atoms. The number of hydrogen-bond donors (Lipinski definition) is 3. The fraction of sp³-hybridized carbons (Fsp3) is 0.250. The summed E-state index contributed by atoms with van der Waals surface area (Å²) in [4.78, 5) is 36.6. The Labute approximate surface area is 208 Å². The van der Waals surface area contributed by atoms with Crippen LogP contribution in [0.1, 0.15) is 30.0 Å². The van der Waals surface area contributed by atoms with E-state index < -0.39 is 34.0 Å². The highest BCUT2D eigenvalue weighted by molar-refractivity contribution is 7.90. The molecule has 3 aromatic rings. The van der Waals surface area contributed by atoms with Crippen molar-refractivity contribution < 1.29 is 32.1 Å². The standard InChI is InChI=1S/C24H26N4O7S/c1-14(2)21(23(30)34-4)26-22(29)19-13-18(27-35-19)16-9-11-17(12-10-16)25-24(31)28-36(32,33)20-8-6-5-7-15(20)3/h5-14,21H,1-4H3,(H,26,29)(H2,25,28,31). The first kappa shape index (κ1) is 26.4. The first-order valence-corrected chi connectivity index (χ1v) is 12.4. The van der Waals surface area contributed by atoms with Crippen LogP contribution in [0.5, 0.6) is 0 Å². The molecule has 3 rings (SSSR count). The second-order valence-electron chi connectivity index (χ2n) is 8.20. The molecule has 0 saturated heterocycles. The molecule has 11 nitrogen and oxygen atoms in total. The molecule has 0 aliphatic rings. The van der Waals surface area contributed by atoms with Gasteiger partial charge >= 0.3 is 12.0 Å². The van der Waals surface area contributed by atoms with Crippen LogP contribution in [0.2, 0.25) is 0 Å². The number of nitrogens with zero attached hydrogens (tertiary/aromatic N) is 1. The third kappa shape index (κ3) is 6.27. The van der Waals surface area contributed by atoms with Gasteiger partial charge in [0.1, 0.15) is 11.7 Å². The molecule has 190 valence electrons. The van der Waals surface area contributed by atoms with Crippen molar-refractivity contribution in [2.45, 2.75) is 31.7 Å². The van der Waals surface area contributed by atoms with Gasteiger partial charge in [-0.15, -0.1) is 0 Å². The van der Waals surface area contributed by atoms with Crippen molar-refractivity contribution >= 4 is 33.6 Å². The summed E-state index contributed by atoms with van der Waals surface area (Å²) in [5.74, 6) is -1.49. The van der Waals surface area contributed by atoms with Crippen LogP contribution in [0.15, 0.2) is 64.0 Å². The smallest absolute Gasteiger partial charge is 0.333 e. The van der Waals surface area contributed by atoms with Crippen LogP contribution in [0.4, 0.5) is 10.5 Å².